The highest BCUT2D eigenvalue weighted by Gasteiger charge is 2.27. The number of carbonyl (C=O) groups excluding carboxylic acids is 1. The number of furan rings is 1. The molecule has 1 saturated heterocycles. The average Bonchev–Trinajstić information content (AvgIpc) is 2.87. The van der Waals surface area contributed by atoms with Crippen molar-refractivity contribution in [2.45, 2.75) is 32.7 Å². The Bertz CT molecular complexity index is 782. The molecule has 6 nitrogen and oxygen atoms in total. The van der Waals surface area contributed by atoms with Gasteiger partial charge in [0.05, 0.1) is 5.56 Å². The second kappa shape index (κ2) is 5.79. The number of allylic oxidation sites excluding steroid dienone is 1. The molecule has 1 amide bonds. The number of hydrogen-bond donors (Lipinski definition) is 0. The summed E-state index contributed by atoms with van der Waals surface area (Å²) in [6.45, 7) is 7.14. The summed E-state index contributed by atoms with van der Waals surface area (Å²) in [6.07, 6.45) is 6.18. The second-order valence-corrected chi connectivity index (χ2v) is 5.56. The molecule has 0 aromatic carbocycles. The Labute approximate surface area is 128 Å². The van der Waals surface area contributed by atoms with Crippen LogP contribution in [0.1, 0.15) is 35.4 Å². The molecule has 0 radical (unpaired) electrons. The van der Waals surface area contributed by atoms with Gasteiger partial charge in [0.25, 0.3) is 11.5 Å². The fourth-order valence-electron chi connectivity index (χ4n) is 2.92. The van der Waals surface area contributed by atoms with Crippen LogP contribution in [0.5, 0.6) is 0 Å². The van der Waals surface area contributed by atoms with Crippen LogP contribution in [0.2, 0.25) is 0 Å². The highest BCUT2D eigenvalue weighted by Crippen LogP contribution is 2.24. The van der Waals surface area contributed by atoms with E-state index < -0.39 is 0 Å². The van der Waals surface area contributed by atoms with Crippen LogP contribution in [-0.4, -0.2) is 33.4 Å². The summed E-state index contributed by atoms with van der Waals surface area (Å²) >= 11 is 0. The fraction of sp³-hybridized carbons (Fsp3) is 0.438. The van der Waals surface area contributed by atoms with Crippen molar-refractivity contribution < 1.29 is 9.21 Å². The molecule has 22 heavy (non-hydrogen) atoms. The molecule has 0 spiro atoms. The van der Waals surface area contributed by atoms with Crippen LogP contribution in [0.15, 0.2) is 28.2 Å². The van der Waals surface area contributed by atoms with Gasteiger partial charge in [0.1, 0.15) is 17.5 Å². The molecule has 3 heterocycles. The zero-order valence-electron chi connectivity index (χ0n) is 12.7. The van der Waals surface area contributed by atoms with Crippen molar-refractivity contribution in [1.82, 2.24) is 14.5 Å². The van der Waals surface area contributed by atoms with Crippen molar-refractivity contribution in [3.05, 3.63) is 40.7 Å². The second-order valence-electron chi connectivity index (χ2n) is 5.56. The van der Waals surface area contributed by atoms with Gasteiger partial charge in [0, 0.05) is 19.6 Å². The molecule has 1 aliphatic rings. The lowest BCUT2D eigenvalue weighted by molar-refractivity contribution is 0.0724. The van der Waals surface area contributed by atoms with Gasteiger partial charge in [0.15, 0.2) is 0 Å². The van der Waals surface area contributed by atoms with E-state index in [0.717, 1.165) is 32.4 Å². The van der Waals surface area contributed by atoms with Gasteiger partial charge in [-0.1, -0.05) is 6.08 Å². The third-order valence-corrected chi connectivity index (χ3v) is 4.04. The van der Waals surface area contributed by atoms with E-state index in [1.54, 1.807) is 17.9 Å². The minimum Gasteiger partial charge on any atom is -0.442 e. The fourth-order valence-corrected chi connectivity index (χ4v) is 2.92. The topological polar surface area (TPSA) is 68.3 Å². The molecule has 116 valence electrons. The number of amides is 1. The Morgan fingerprint density at radius 3 is 2.82 bits per heavy atom. The first-order chi connectivity index (χ1) is 10.6. The maximum atomic E-state index is 12.8. The summed E-state index contributed by atoms with van der Waals surface area (Å²) in [6, 6.07) is 0. The number of carbonyl (C=O) groups is 1. The Hall–Kier alpha value is -2.37. The van der Waals surface area contributed by atoms with Crippen LogP contribution in [0.25, 0.3) is 11.1 Å². The van der Waals surface area contributed by atoms with Crippen LogP contribution >= 0.6 is 0 Å². The summed E-state index contributed by atoms with van der Waals surface area (Å²) in [5, 5.41) is 0.275. The van der Waals surface area contributed by atoms with Gasteiger partial charge in [-0.25, -0.2) is 4.98 Å². The van der Waals surface area contributed by atoms with E-state index in [2.05, 4.69) is 11.6 Å². The van der Waals surface area contributed by atoms with Crippen LogP contribution in [0.4, 0.5) is 0 Å². The first-order valence-corrected chi connectivity index (χ1v) is 7.52. The minimum absolute atomic E-state index is 0.133. The molecule has 6 heteroatoms. The molecule has 2 aromatic heterocycles. The summed E-state index contributed by atoms with van der Waals surface area (Å²) in [4.78, 5) is 31.3. The Kier molecular flexibility index (Phi) is 3.83. The van der Waals surface area contributed by atoms with Crippen LogP contribution < -0.4 is 5.56 Å². The van der Waals surface area contributed by atoms with E-state index in [9.17, 15) is 9.59 Å². The lowest BCUT2D eigenvalue weighted by Crippen LogP contribution is -2.36. The summed E-state index contributed by atoms with van der Waals surface area (Å²) in [5.41, 5.74) is 0.318. The van der Waals surface area contributed by atoms with Crippen molar-refractivity contribution in [3.63, 3.8) is 0 Å². The molecule has 0 unspecified atom stereocenters. The summed E-state index contributed by atoms with van der Waals surface area (Å²) in [5.74, 6) is 0.317. The maximum absolute atomic E-state index is 12.8. The third kappa shape index (κ3) is 2.34. The number of aryl methyl sites for hydroxylation is 1. The number of fused-ring (bicyclic) bond motifs is 1. The van der Waals surface area contributed by atoms with Crippen molar-refractivity contribution in [3.8, 4) is 0 Å². The molecule has 0 saturated carbocycles. The van der Waals surface area contributed by atoms with E-state index in [0.29, 0.717) is 17.9 Å². The largest absolute Gasteiger partial charge is 0.442 e. The van der Waals surface area contributed by atoms with Gasteiger partial charge in [-0.15, -0.1) is 6.58 Å². The van der Waals surface area contributed by atoms with Gasteiger partial charge in [-0.05, 0) is 26.2 Å². The SMILES string of the molecule is C=CCn1cnc2oc(C)c(C(=O)N3CCCCC3)c2c1=O. The van der Waals surface area contributed by atoms with Crippen LogP contribution in [0, 0.1) is 6.92 Å². The number of nitrogens with zero attached hydrogens (tertiary/aromatic N) is 3. The van der Waals surface area contributed by atoms with Gasteiger partial charge < -0.3 is 9.32 Å². The number of likely N-dealkylation sites (tertiary alicyclic amines) is 1. The monoisotopic (exact) mass is 301 g/mol. The predicted molar refractivity (Wildman–Crippen MR) is 83.0 cm³/mol. The molecule has 3 rings (SSSR count). The van der Waals surface area contributed by atoms with E-state index in [-0.39, 0.29) is 22.6 Å². The maximum Gasteiger partial charge on any atom is 0.265 e. The van der Waals surface area contributed by atoms with Crippen LogP contribution in [-0.2, 0) is 6.54 Å². The Morgan fingerprint density at radius 2 is 2.14 bits per heavy atom. The molecule has 0 bridgehead atoms. The Balaban J connectivity index is 2.13. The van der Waals surface area contributed by atoms with E-state index >= 15 is 0 Å². The third-order valence-electron chi connectivity index (χ3n) is 4.04. The first-order valence-electron chi connectivity index (χ1n) is 7.52. The molecule has 0 atom stereocenters. The number of aromatic nitrogens is 2. The molecule has 1 fully saturated rings. The number of piperidine rings is 1. The zero-order valence-corrected chi connectivity index (χ0v) is 12.7. The molecule has 1 aliphatic heterocycles. The summed E-state index contributed by atoms with van der Waals surface area (Å²) < 4.78 is 6.96. The van der Waals surface area contributed by atoms with Crippen LogP contribution in [0.3, 0.4) is 0 Å². The quantitative estimate of drug-likeness (QED) is 0.814. The highest BCUT2D eigenvalue weighted by atomic mass is 16.3. The smallest absolute Gasteiger partial charge is 0.265 e. The van der Waals surface area contributed by atoms with Crippen molar-refractivity contribution in [2.75, 3.05) is 13.1 Å². The Morgan fingerprint density at radius 1 is 1.41 bits per heavy atom. The first kappa shape index (κ1) is 14.6. The van der Waals surface area contributed by atoms with E-state index in [1.807, 2.05) is 0 Å². The molecule has 0 N–H and O–H groups in total. The van der Waals surface area contributed by atoms with Crippen molar-refractivity contribution >= 4 is 17.0 Å². The number of hydrogen-bond acceptors (Lipinski definition) is 4. The average molecular weight is 301 g/mol. The lowest BCUT2D eigenvalue weighted by Gasteiger charge is -2.26. The van der Waals surface area contributed by atoms with Crippen molar-refractivity contribution in [2.24, 2.45) is 0 Å². The van der Waals surface area contributed by atoms with Gasteiger partial charge in [0.2, 0.25) is 5.71 Å². The minimum atomic E-state index is -0.262. The normalized spacial score (nSPS) is 15.2. The summed E-state index contributed by atoms with van der Waals surface area (Å²) in [7, 11) is 0. The number of rotatable bonds is 3. The van der Waals surface area contributed by atoms with Gasteiger partial charge in [-0.3, -0.25) is 14.2 Å². The highest BCUT2D eigenvalue weighted by molar-refractivity contribution is 6.06. The predicted octanol–water partition coefficient (Wildman–Crippen LogP) is 2.11. The zero-order chi connectivity index (χ0) is 15.7. The standard InChI is InChI=1S/C16H19N3O3/c1-3-7-19-10-17-14-13(16(19)21)12(11(2)22-14)15(20)18-8-5-4-6-9-18/h3,10H,1,4-9H2,2H3. The lowest BCUT2D eigenvalue weighted by atomic mass is 10.1. The van der Waals surface area contributed by atoms with E-state index in [1.165, 1.54) is 10.9 Å². The van der Waals surface area contributed by atoms with Gasteiger partial charge >= 0.3 is 0 Å². The molecular formula is C16H19N3O3. The molecule has 2 aromatic rings. The molecular weight excluding hydrogens is 282 g/mol. The van der Waals surface area contributed by atoms with Gasteiger partial charge in [-0.2, -0.15) is 0 Å². The molecule has 0 aliphatic carbocycles. The van der Waals surface area contributed by atoms with Crippen molar-refractivity contribution in [1.29, 1.82) is 0 Å². The van der Waals surface area contributed by atoms with E-state index in [4.69, 9.17) is 4.42 Å².